The summed E-state index contributed by atoms with van der Waals surface area (Å²) in [4.78, 5) is 23.2. The van der Waals surface area contributed by atoms with E-state index in [-0.39, 0.29) is 31.0 Å². The van der Waals surface area contributed by atoms with E-state index >= 15 is 0 Å². The number of hydrogen-bond acceptors (Lipinski definition) is 7. The van der Waals surface area contributed by atoms with Gasteiger partial charge < -0.3 is 20.3 Å². The van der Waals surface area contributed by atoms with E-state index in [0.29, 0.717) is 29.7 Å². The lowest BCUT2D eigenvalue weighted by Gasteiger charge is -2.36. The molecule has 31 heavy (non-hydrogen) atoms. The lowest BCUT2D eigenvalue weighted by molar-refractivity contribution is -0.174. The Bertz CT molecular complexity index is 930. The summed E-state index contributed by atoms with van der Waals surface area (Å²) < 4.78 is 42.4. The minimum absolute atomic E-state index is 0.0796. The Hall–Kier alpha value is -2.89. The Morgan fingerprint density at radius 1 is 1.32 bits per heavy atom. The van der Waals surface area contributed by atoms with E-state index in [1.165, 1.54) is 4.68 Å². The molecule has 1 atom stereocenters. The molecule has 0 aromatic carbocycles. The van der Waals surface area contributed by atoms with E-state index in [0.717, 1.165) is 5.56 Å². The van der Waals surface area contributed by atoms with Gasteiger partial charge >= 0.3 is 6.18 Å². The van der Waals surface area contributed by atoms with Gasteiger partial charge in [-0.1, -0.05) is 13.8 Å². The molecule has 0 spiro atoms. The fourth-order valence-corrected chi connectivity index (χ4v) is 3.44. The number of ether oxygens (including phenoxy) is 1. The first-order chi connectivity index (χ1) is 14.5. The van der Waals surface area contributed by atoms with Crippen molar-refractivity contribution in [3.63, 3.8) is 0 Å². The van der Waals surface area contributed by atoms with Crippen LogP contribution in [0.3, 0.4) is 0 Å². The van der Waals surface area contributed by atoms with E-state index < -0.39 is 12.8 Å². The first-order valence-corrected chi connectivity index (χ1v) is 9.87. The third-order valence-electron chi connectivity index (χ3n) is 4.84. The van der Waals surface area contributed by atoms with Gasteiger partial charge in [0.25, 0.3) is 0 Å². The molecule has 2 N–H and O–H groups in total. The number of nitrogens with zero attached hydrogens (tertiary/aromatic N) is 5. The van der Waals surface area contributed by atoms with Crippen LogP contribution in [0, 0.1) is 12.8 Å². The molecule has 1 aliphatic rings. The molecule has 0 aliphatic carbocycles. The molecule has 170 valence electrons. The zero-order chi connectivity index (χ0) is 22.8. The Morgan fingerprint density at radius 3 is 2.74 bits per heavy atom. The number of nitrogens with one attached hydrogen (secondary N) is 2. The number of aryl methyl sites for hydroxylation is 1. The summed E-state index contributed by atoms with van der Waals surface area (Å²) in [7, 11) is 1.84. The number of alkyl halides is 3. The van der Waals surface area contributed by atoms with Crippen molar-refractivity contribution < 1.29 is 22.7 Å². The minimum atomic E-state index is -4.34. The van der Waals surface area contributed by atoms with Crippen LogP contribution in [-0.2, 0) is 22.6 Å². The summed E-state index contributed by atoms with van der Waals surface area (Å²) in [5.41, 5.74) is 2.06. The largest absolute Gasteiger partial charge is 0.411 e. The maximum atomic E-state index is 12.4. The first-order valence-electron chi connectivity index (χ1n) is 9.87. The zero-order valence-corrected chi connectivity index (χ0v) is 17.8. The van der Waals surface area contributed by atoms with E-state index in [4.69, 9.17) is 0 Å². The predicted octanol–water partition coefficient (Wildman–Crippen LogP) is 2.59. The van der Waals surface area contributed by atoms with Crippen LogP contribution in [-0.4, -0.2) is 58.1 Å². The minimum Gasteiger partial charge on any atom is -0.370 e. The van der Waals surface area contributed by atoms with Crippen molar-refractivity contribution in [1.82, 2.24) is 19.7 Å². The molecule has 0 radical (unpaired) electrons. The summed E-state index contributed by atoms with van der Waals surface area (Å²) in [5.74, 6) is 1.08. The van der Waals surface area contributed by atoms with Crippen molar-refractivity contribution in [1.29, 1.82) is 0 Å². The van der Waals surface area contributed by atoms with Crippen LogP contribution in [0.2, 0.25) is 0 Å². The van der Waals surface area contributed by atoms with E-state index in [1.54, 1.807) is 19.3 Å². The summed E-state index contributed by atoms with van der Waals surface area (Å²) in [5, 5.41) is 10.2. The highest BCUT2D eigenvalue weighted by molar-refractivity contribution is 6.03. The van der Waals surface area contributed by atoms with Gasteiger partial charge in [-0.05, 0) is 12.8 Å². The van der Waals surface area contributed by atoms with Crippen molar-refractivity contribution in [2.75, 3.05) is 35.8 Å². The summed E-state index contributed by atoms with van der Waals surface area (Å²) in [6.07, 6.45) is -1.00. The highest BCUT2D eigenvalue weighted by Crippen LogP contribution is 2.34. The van der Waals surface area contributed by atoms with Crippen molar-refractivity contribution in [2.45, 2.75) is 46.1 Å². The molecular formula is C19H26F3N7O2. The van der Waals surface area contributed by atoms with Crippen molar-refractivity contribution >= 4 is 23.4 Å². The lowest BCUT2D eigenvalue weighted by Crippen LogP contribution is -2.49. The van der Waals surface area contributed by atoms with E-state index in [9.17, 15) is 18.0 Å². The molecule has 2 aromatic rings. The second-order valence-corrected chi connectivity index (χ2v) is 7.75. The molecule has 12 heteroatoms. The Kier molecular flexibility index (Phi) is 6.68. The van der Waals surface area contributed by atoms with Crippen LogP contribution in [0.1, 0.15) is 25.1 Å². The van der Waals surface area contributed by atoms with Crippen molar-refractivity contribution in [3.05, 3.63) is 23.7 Å². The number of aromatic nitrogens is 4. The Balaban J connectivity index is 1.61. The number of anilines is 3. The fourth-order valence-electron chi connectivity index (χ4n) is 3.44. The maximum Gasteiger partial charge on any atom is 0.411 e. The monoisotopic (exact) mass is 441 g/mol. The molecule has 0 fully saturated rings. The van der Waals surface area contributed by atoms with Gasteiger partial charge in [0.15, 0.2) is 5.82 Å². The first kappa shape index (κ1) is 22.8. The van der Waals surface area contributed by atoms with Gasteiger partial charge in [-0.3, -0.25) is 9.48 Å². The van der Waals surface area contributed by atoms with Crippen molar-refractivity contribution in [3.8, 4) is 0 Å². The topological polar surface area (TPSA) is 97.2 Å². The molecule has 0 bridgehead atoms. The zero-order valence-electron chi connectivity index (χ0n) is 17.8. The van der Waals surface area contributed by atoms with Gasteiger partial charge in [-0.2, -0.15) is 23.3 Å². The molecule has 1 aliphatic heterocycles. The number of fused-ring (bicyclic) bond motifs is 1. The van der Waals surface area contributed by atoms with Crippen LogP contribution in [0.4, 0.5) is 30.6 Å². The van der Waals surface area contributed by atoms with Gasteiger partial charge in [0.2, 0.25) is 11.9 Å². The third kappa shape index (κ3) is 5.63. The number of hydrogen-bond donors (Lipinski definition) is 2. The highest BCUT2D eigenvalue weighted by Gasteiger charge is 2.35. The molecule has 9 nitrogen and oxygen atoms in total. The molecule has 1 amide bonds. The number of amides is 1. The molecule has 3 heterocycles. The fraction of sp³-hybridized carbons (Fsp3) is 0.579. The molecule has 0 saturated heterocycles. The van der Waals surface area contributed by atoms with E-state index in [1.807, 2.05) is 25.8 Å². The molecule has 1 unspecified atom stereocenters. The standard InChI is InChI=1S/C19H26F3N7O2/c1-11(2)15-17(30)26-14-12(3)25-18(27-16(14)28(15)4)23-7-13-8-24-29(9-13)5-6-31-10-19(20,21)22/h8-9,11,15H,5-7,10H2,1-4H3,(H,26,30)(H,23,25,27). The molecule has 0 saturated carbocycles. The SMILES string of the molecule is Cc1nc(NCc2cnn(CCOCC(F)(F)F)c2)nc2c1NC(=O)C(C(C)C)N2C. The van der Waals surface area contributed by atoms with Crippen LogP contribution in [0.15, 0.2) is 12.4 Å². The predicted molar refractivity (Wildman–Crippen MR) is 109 cm³/mol. The third-order valence-corrected chi connectivity index (χ3v) is 4.84. The van der Waals surface area contributed by atoms with Crippen LogP contribution >= 0.6 is 0 Å². The normalized spacial score (nSPS) is 16.5. The van der Waals surface area contributed by atoms with Crippen molar-refractivity contribution in [2.24, 2.45) is 5.92 Å². The molecular weight excluding hydrogens is 415 g/mol. The average Bonchev–Trinajstić information content (AvgIpc) is 3.11. The maximum absolute atomic E-state index is 12.4. The number of likely N-dealkylation sites (N-methyl/N-ethyl adjacent to an activating group) is 1. The molecule has 3 rings (SSSR count). The number of carbonyl (C=O) groups is 1. The quantitative estimate of drug-likeness (QED) is 0.608. The summed E-state index contributed by atoms with van der Waals surface area (Å²) in [6.45, 7) is 4.99. The average molecular weight is 441 g/mol. The highest BCUT2D eigenvalue weighted by atomic mass is 19.4. The smallest absolute Gasteiger partial charge is 0.370 e. The lowest BCUT2D eigenvalue weighted by atomic mass is 9.99. The molecule has 2 aromatic heterocycles. The Labute approximate surface area is 178 Å². The second-order valence-electron chi connectivity index (χ2n) is 7.75. The number of halogens is 3. The van der Waals surface area contributed by atoms with Gasteiger partial charge in [-0.25, -0.2) is 4.98 Å². The van der Waals surface area contributed by atoms with Gasteiger partial charge in [0.1, 0.15) is 18.3 Å². The summed E-state index contributed by atoms with van der Waals surface area (Å²) >= 11 is 0. The van der Waals surface area contributed by atoms with Crippen LogP contribution in [0.25, 0.3) is 0 Å². The summed E-state index contributed by atoms with van der Waals surface area (Å²) in [6, 6.07) is -0.326. The second kappa shape index (κ2) is 9.08. The van der Waals surface area contributed by atoms with E-state index in [2.05, 4.69) is 30.4 Å². The van der Waals surface area contributed by atoms with Crippen LogP contribution < -0.4 is 15.5 Å². The van der Waals surface area contributed by atoms with Gasteiger partial charge in [0.05, 0.1) is 25.0 Å². The number of carbonyl (C=O) groups excluding carboxylic acids is 1. The van der Waals surface area contributed by atoms with Gasteiger partial charge in [0, 0.05) is 25.4 Å². The van der Waals surface area contributed by atoms with Gasteiger partial charge in [-0.15, -0.1) is 0 Å². The Morgan fingerprint density at radius 2 is 2.06 bits per heavy atom. The van der Waals surface area contributed by atoms with Crippen LogP contribution in [0.5, 0.6) is 0 Å². The number of rotatable bonds is 8.